The zero-order valence-electron chi connectivity index (χ0n) is 26.8. The van der Waals surface area contributed by atoms with Gasteiger partial charge in [-0.05, 0) is 102 Å². The van der Waals surface area contributed by atoms with Crippen LogP contribution in [0.25, 0.3) is 66.4 Å². The number of nitrogens with zero attached hydrogens (tertiary/aromatic N) is 1. The van der Waals surface area contributed by atoms with Gasteiger partial charge in [0, 0.05) is 5.69 Å². The number of nitrogens with one attached hydrogen (secondary N) is 1. The van der Waals surface area contributed by atoms with Crippen molar-refractivity contribution < 1.29 is 0 Å². The van der Waals surface area contributed by atoms with Gasteiger partial charge in [-0.15, -0.1) is 0 Å². The highest BCUT2D eigenvalue weighted by Crippen LogP contribution is 2.50. The molecule has 1 N–H and O–H groups in total. The minimum absolute atomic E-state index is 0.00803. The third-order valence-electron chi connectivity index (χ3n) is 10.2. The van der Waals surface area contributed by atoms with Gasteiger partial charge in [-0.2, -0.15) is 0 Å². The van der Waals surface area contributed by atoms with Crippen molar-refractivity contribution >= 4 is 27.8 Å². The van der Waals surface area contributed by atoms with E-state index in [1.165, 1.54) is 77.7 Å². The van der Waals surface area contributed by atoms with Crippen LogP contribution >= 0.6 is 0 Å². The summed E-state index contributed by atoms with van der Waals surface area (Å²) in [7, 11) is 0. The maximum absolute atomic E-state index is 3.79. The van der Waals surface area contributed by atoms with Crippen molar-refractivity contribution in [3.05, 3.63) is 188 Å². The van der Waals surface area contributed by atoms with Crippen LogP contribution in [0.15, 0.2) is 182 Å². The van der Waals surface area contributed by atoms with E-state index >= 15 is 0 Å². The van der Waals surface area contributed by atoms with Gasteiger partial charge in [0.1, 0.15) is 6.17 Å². The monoisotopic (exact) mass is 624 g/mol. The molecule has 1 aliphatic carbocycles. The van der Waals surface area contributed by atoms with Crippen molar-refractivity contribution in [1.29, 1.82) is 0 Å². The van der Waals surface area contributed by atoms with E-state index in [1.807, 2.05) is 0 Å². The molecule has 49 heavy (non-hydrogen) atoms. The van der Waals surface area contributed by atoms with E-state index in [0.717, 1.165) is 11.4 Å². The van der Waals surface area contributed by atoms with E-state index in [2.05, 4.69) is 192 Å². The van der Waals surface area contributed by atoms with Crippen molar-refractivity contribution in [2.75, 3.05) is 10.2 Å². The summed E-state index contributed by atoms with van der Waals surface area (Å²) in [5.74, 6) is 0. The molecular weight excluding hydrogens is 593 g/mol. The quantitative estimate of drug-likeness (QED) is 0.205. The average Bonchev–Trinajstić information content (AvgIpc) is 3.73. The molecule has 0 radical (unpaired) electrons. The van der Waals surface area contributed by atoms with E-state index in [1.54, 1.807) is 0 Å². The van der Waals surface area contributed by atoms with Gasteiger partial charge in [0.05, 0.1) is 11.4 Å². The predicted octanol–water partition coefficient (Wildman–Crippen LogP) is 12.8. The van der Waals surface area contributed by atoms with Crippen LogP contribution in [0, 0.1) is 0 Å². The van der Waals surface area contributed by atoms with E-state index in [-0.39, 0.29) is 6.17 Å². The van der Waals surface area contributed by atoms with Crippen LogP contribution in [0.4, 0.5) is 17.1 Å². The third-order valence-corrected chi connectivity index (χ3v) is 10.2. The minimum atomic E-state index is -0.00803. The Morgan fingerprint density at radius 1 is 0.388 bits per heavy atom. The molecule has 1 unspecified atom stereocenters. The standard InChI is InChI=1S/C47H32N2/c1-2-10-31(11-3-1)32-20-22-34(23-21-32)47-48-44-18-6-7-19-45(44)49(47)37-26-24-33(25-27-37)35-12-8-13-36(30-35)38-28-29-43-40-15-5-4-14-39(40)42-17-9-16-41(38)46(42)43/h1-30,47-48H. The Hall–Kier alpha value is -6.38. The Morgan fingerprint density at radius 2 is 0.959 bits per heavy atom. The average molecular weight is 625 g/mol. The van der Waals surface area contributed by atoms with Gasteiger partial charge >= 0.3 is 0 Å². The second kappa shape index (κ2) is 11.1. The summed E-state index contributed by atoms with van der Waals surface area (Å²) >= 11 is 0. The second-order valence-corrected chi connectivity index (χ2v) is 13.0. The molecule has 230 valence electrons. The lowest BCUT2D eigenvalue weighted by Crippen LogP contribution is -2.23. The molecule has 8 aromatic rings. The molecule has 2 heteroatoms. The molecule has 0 fully saturated rings. The van der Waals surface area contributed by atoms with Crippen molar-refractivity contribution in [2.24, 2.45) is 0 Å². The van der Waals surface area contributed by atoms with Crippen molar-refractivity contribution in [1.82, 2.24) is 0 Å². The largest absolute Gasteiger partial charge is 0.359 e. The normalized spacial score (nSPS) is 14.0. The highest BCUT2D eigenvalue weighted by Gasteiger charge is 2.31. The van der Waals surface area contributed by atoms with Crippen molar-refractivity contribution in [2.45, 2.75) is 6.17 Å². The second-order valence-electron chi connectivity index (χ2n) is 13.0. The number of hydrogen-bond donors (Lipinski definition) is 1. The van der Waals surface area contributed by atoms with Gasteiger partial charge in [-0.3, -0.25) is 0 Å². The van der Waals surface area contributed by atoms with Crippen LogP contribution in [0.3, 0.4) is 0 Å². The molecule has 2 nitrogen and oxygen atoms in total. The molecule has 0 saturated carbocycles. The molecule has 1 heterocycles. The zero-order valence-corrected chi connectivity index (χ0v) is 26.8. The van der Waals surface area contributed by atoms with Gasteiger partial charge < -0.3 is 10.2 Å². The van der Waals surface area contributed by atoms with Gasteiger partial charge in [-0.25, -0.2) is 0 Å². The van der Waals surface area contributed by atoms with Gasteiger partial charge in [0.2, 0.25) is 0 Å². The maximum atomic E-state index is 3.79. The maximum Gasteiger partial charge on any atom is 0.130 e. The SMILES string of the molecule is c1ccc(-c2ccc(C3Nc4ccccc4N3c3ccc(-c4cccc(-c5ccc6c7c(cccc57)-c5ccccc5-6)c4)cc3)cc2)cc1. The fourth-order valence-electron chi connectivity index (χ4n) is 7.91. The van der Waals surface area contributed by atoms with Crippen LogP contribution in [0.1, 0.15) is 11.7 Å². The Bertz CT molecular complexity index is 2480. The van der Waals surface area contributed by atoms with E-state index in [4.69, 9.17) is 0 Å². The van der Waals surface area contributed by atoms with E-state index in [0.29, 0.717) is 0 Å². The summed E-state index contributed by atoms with van der Waals surface area (Å²) in [6, 6.07) is 66.2. The summed E-state index contributed by atoms with van der Waals surface area (Å²) in [5, 5.41) is 6.46. The Morgan fingerprint density at radius 3 is 1.78 bits per heavy atom. The Labute approximate surface area is 286 Å². The highest BCUT2D eigenvalue weighted by atomic mass is 15.3. The lowest BCUT2D eigenvalue weighted by atomic mass is 9.92. The number of anilines is 3. The fraction of sp³-hybridized carbons (Fsp3) is 0.0213. The first-order valence-electron chi connectivity index (χ1n) is 17.0. The van der Waals surface area contributed by atoms with Crippen LogP contribution < -0.4 is 10.2 Å². The first kappa shape index (κ1) is 27.7. The van der Waals surface area contributed by atoms with Crippen LogP contribution in [-0.2, 0) is 0 Å². The predicted molar refractivity (Wildman–Crippen MR) is 206 cm³/mol. The van der Waals surface area contributed by atoms with Gasteiger partial charge in [0.15, 0.2) is 0 Å². The summed E-state index contributed by atoms with van der Waals surface area (Å²) in [4.78, 5) is 2.41. The summed E-state index contributed by atoms with van der Waals surface area (Å²) in [6.45, 7) is 0. The molecule has 1 atom stereocenters. The number of hydrogen-bond acceptors (Lipinski definition) is 2. The first-order chi connectivity index (χ1) is 24.3. The topological polar surface area (TPSA) is 15.3 Å². The van der Waals surface area contributed by atoms with Gasteiger partial charge in [-0.1, -0.05) is 152 Å². The number of para-hydroxylation sites is 2. The number of benzene rings is 8. The summed E-state index contributed by atoms with van der Waals surface area (Å²) in [6.07, 6.45) is -0.00803. The molecule has 0 aromatic heterocycles. The molecular formula is C47H32N2. The van der Waals surface area contributed by atoms with Crippen molar-refractivity contribution in [3.8, 4) is 55.6 Å². The lowest BCUT2D eigenvalue weighted by Gasteiger charge is -2.28. The fourth-order valence-corrected chi connectivity index (χ4v) is 7.91. The summed E-state index contributed by atoms with van der Waals surface area (Å²) in [5.41, 5.74) is 17.4. The summed E-state index contributed by atoms with van der Waals surface area (Å²) < 4.78 is 0. The lowest BCUT2D eigenvalue weighted by molar-refractivity contribution is 0.828. The molecule has 0 bridgehead atoms. The molecule has 2 aliphatic rings. The Kier molecular flexibility index (Phi) is 6.28. The smallest absolute Gasteiger partial charge is 0.130 e. The molecule has 8 aromatic carbocycles. The molecule has 1 aliphatic heterocycles. The van der Waals surface area contributed by atoms with Gasteiger partial charge in [0.25, 0.3) is 0 Å². The Balaban J connectivity index is 0.988. The zero-order chi connectivity index (χ0) is 32.3. The third kappa shape index (κ3) is 4.49. The highest BCUT2D eigenvalue weighted by molar-refractivity contribution is 6.18. The van der Waals surface area contributed by atoms with Crippen LogP contribution in [-0.4, -0.2) is 0 Å². The molecule has 10 rings (SSSR count). The minimum Gasteiger partial charge on any atom is -0.359 e. The van der Waals surface area contributed by atoms with E-state index in [9.17, 15) is 0 Å². The van der Waals surface area contributed by atoms with Crippen LogP contribution in [0.2, 0.25) is 0 Å². The van der Waals surface area contributed by atoms with Crippen molar-refractivity contribution in [3.63, 3.8) is 0 Å². The molecule has 0 saturated heterocycles. The van der Waals surface area contributed by atoms with E-state index < -0.39 is 0 Å². The molecule has 0 amide bonds. The molecule has 0 spiro atoms. The van der Waals surface area contributed by atoms with Crippen LogP contribution in [0.5, 0.6) is 0 Å². The first-order valence-corrected chi connectivity index (χ1v) is 17.0. The number of rotatable bonds is 5. The number of fused-ring (bicyclic) bond motifs is 4.